The lowest BCUT2D eigenvalue weighted by molar-refractivity contribution is -0.137. The highest BCUT2D eigenvalue weighted by Crippen LogP contribution is 2.18. The third kappa shape index (κ3) is 4.23. The summed E-state index contributed by atoms with van der Waals surface area (Å²) in [5, 5.41) is 9.07. The van der Waals surface area contributed by atoms with Crippen LogP contribution in [-0.2, 0) is 9.53 Å². The molecule has 0 atom stereocenters. The average Bonchev–Trinajstić information content (AvgIpc) is 2.41. The van der Waals surface area contributed by atoms with Gasteiger partial charge in [0.05, 0.1) is 12.3 Å². The Hall–Kier alpha value is -2.13. The summed E-state index contributed by atoms with van der Waals surface area (Å²) in [6, 6.07) is 8.83. The van der Waals surface area contributed by atoms with Gasteiger partial charge in [-0.1, -0.05) is 15.9 Å². The minimum atomic E-state index is -0.664. The van der Waals surface area contributed by atoms with E-state index in [0.29, 0.717) is 5.69 Å². The third-order valence-corrected chi connectivity index (χ3v) is 2.62. The Morgan fingerprint density at radius 1 is 1.53 bits per heavy atom. The van der Waals surface area contributed by atoms with Crippen molar-refractivity contribution in [2.24, 2.45) is 10.7 Å². The second kappa shape index (κ2) is 7.34. The van der Waals surface area contributed by atoms with Gasteiger partial charge in [0.25, 0.3) is 0 Å². The first-order valence-corrected chi connectivity index (χ1v) is 6.25. The van der Waals surface area contributed by atoms with E-state index < -0.39 is 5.97 Å². The molecule has 1 aromatic carbocycles. The van der Waals surface area contributed by atoms with Crippen molar-refractivity contribution < 1.29 is 9.53 Å². The highest BCUT2D eigenvalue weighted by atomic mass is 79.9. The van der Waals surface area contributed by atoms with Crippen molar-refractivity contribution >= 4 is 33.3 Å². The number of carbonyl (C=O) groups is 1. The van der Waals surface area contributed by atoms with Crippen molar-refractivity contribution in [2.45, 2.75) is 6.92 Å². The number of hydrogen-bond donors (Lipinski definition) is 1. The van der Waals surface area contributed by atoms with Gasteiger partial charge < -0.3 is 10.5 Å². The maximum atomic E-state index is 11.6. The molecule has 98 valence electrons. The summed E-state index contributed by atoms with van der Waals surface area (Å²) >= 11 is 3.30. The minimum Gasteiger partial charge on any atom is -0.462 e. The lowest BCUT2D eigenvalue weighted by Gasteiger charge is -2.04. The summed E-state index contributed by atoms with van der Waals surface area (Å²) in [5.74, 6) is -0.664. The van der Waals surface area contributed by atoms with E-state index in [-0.39, 0.29) is 17.9 Å². The Labute approximate surface area is 119 Å². The van der Waals surface area contributed by atoms with Crippen LogP contribution in [0.3, 0.4) is 0 Å². The molecule has 19 heavy (non-hydrogen) atoms. The molecule has 0 unspecified atom stereocenters. The van der Waals surface area contributed by atoms with Crippen LogP contribution in [0.1, 0.15) is 6.92 Å². The van der Waals surface area contributed by atoms with Crippen LogP contribution >= 0.6 is 15.9 Å². The number of ether oxygens (including phenoxy) is 1. The standard InChI is InChI=1S/C13H12BrN3O2/c1-2-19-13(18)11(7-15)12(8-16)17-10-5-3-9(14)4-6-10/h3-7H,2,15H2,1H3. The second-order valence-electron chi connectivity index (χ2n) is 3.35. The summed E-state index contributed by atoms with van der Waals surface area (Å²) in [6.45, 7) is 1.87. The van der Waals surface area contributed by atoms with Crippen LogP contribution in [0.4, 0.5) is 5.69 Å². The predicted octanol–water partition coefficient (Wildman–Crippen LogP) is 2.45. The Kier molecular flexibility index (Phi) is 5.76. The van der Waals surface area contributed by atoms with Gasteiger partial charge in [-0.25, -0.2) is 9.79 Å². The molecule has 0 aliphatic carbocycles. The first kappa shape index (κ1) is 14.9. The van der Waals surface area contributed by atoms with Crippen LogP contribution in [0.25, 0.3) is 0 Å². The van der Waals surface area contributed by atoms with E-state index in [1.807, 2.05) is 6.07 Å². The SMILES string of the molecule is CCOC(=O)C(=CN)C(C#N)=Nc1ccc(Br)cc1. The molecule has 0 spiro atoms. The fraction of sp³-hybridized carbons (Fsp3) is 0.154. The summed E-state index contributed by atoms with van der Waals surface area (Å²) in [7, 11) is 0. The summed E-state index contributed by atoms with van der Waals surface area (Å²) < 4.78 is 5.70. The zero-order valence-electron chi connectivity index (χ0n) is 10.3. The molecule has 1 rings (SSSR count). The largest absolute Gasteiger partial charge is 0.462 e. The highest BCUT2D eigenvalue weighted by Gasteiger charge is 2.16. The number of nitrogens with zero attached hydrogens (tertiary/aromatic N) is 2. The molecule has 2 N–H and O–H groups in total. The minimum absolute atomic E-state index is 0.0488. The fourth-order valence-electron chi connectivity index (χ4n) is 1.24. The normalized spacial score (nSPS) is 11.8. The van der Waals surface area contributed by atoms with Gasteiger partial charge in [0.2, 0.25) is 0 Å². The second-order valence-corrected chi connectivity index (χ2v) is 4.27. The molecule has 0 aliphatic rings. The monoisotopic (exact) mass is 321 g/mol. The first-order chi connectivity index (χ1) is 9.12. The maximum absolute atomic E-state index is 11.6. The zero-order chi connectivity index (χ0) is 14.3. The molecule has 0 saturated heterocycles. The van der Waals surface area contributed by atoms with Gasteiger partial charge in [-0.3, -0.25) is 0 Å². The van der Waals surface area contributed by atoms with Crippen molar-refractivity contribution in [3.05, 3.63) is 40.5 Å². The molecular weight excluding hydrogens is 310 g/mol. The number of carbonyl (C=O) groups excluding carboxylic acids is 1. The number of esters is 1. The fourth-order valence-corrected chi connectivity index (χ4v) is 1.51. The average molecular weight is 322 g/mol. The third-order valence-electron chi connectivity index (χ3n) is 2.09. The molecule has 0 bridgehead atoms. The first-order valence-electron chi connectivity index (χ1n) is 5.46. The summed E-state index contributed by atoms with van der Waals surface area (Å²) in [5.41, 5.74) is 5.77. The number of halogens is 1. The molecular formula is C13H12BrN3O2. The van der Waals surface area contributed by atoms with Gasteiger partial charge in [-0.15, -0.1) is 0 Å². The predicted molar refractivity (Wildman–Crippen MR) is 75.8 cm³/mol. The highest BCUT2D eigenvalue weighted by molar-refractivity contribution is 9.10. The van der Waals surface area contributed by atoms with Crippen molar-refractivity contribution in [3.63, 3.8) is 0 Å². The molecule has 5 nitrogen and oxygen atoms in total. The van der Waals surface area contributed by atoms with Crippen LogP contribution < -0.4 is 5.73 Å². The number of hydrogen-bond acceptors (Lipinski definition) is 5. The number of aliphatic imine (C=N–C) groups is 1. The maximum Gasteiger partial charge on any atom is 0.342 e. The summed E-state index contributed by atoms with van der Waals surface area (Å²) in [4.78, 5) is 15.7. The van der Waals surface area contributed by atoms with E-state index in [1.165, 1.54) is 0 Å². The molecule has 0 aliphatic heterocycles. The van der Waals surface area contributed by atoms with Crippen LogP contribution in [0, 0.1) is 11.3 Å². The van der Waals surface area contributed by atoms with E-state index in [1.54, 1.807) is 31.2 Å². The van der Waals surface area contributed by atoms with Gasteiger partial charge in [0.1, 0.15) is 11.6 Å². The molecule has 0 aromatic heterocycles. The van der Waals surface area contributed by atoms with E-state index in [9.17, 15) is 4.79 Å². The van der Waals surface area contributed by atoms with Crippen LogP contribution in [0.5, 0.6) is 0 Å². The van der Waals surface area contributed by atoms with Crippen LogP contribution in [-0.4, -0.2) is 18.3 Å². The summed E-state index contributed by atoms with van der Waals surface area (Å²) in [6.07, 6.45) is 1.03. The lowest BCUT2D eigenvalue weighted by Crippen LogP contribution is -2.16. The van der Waals surface area contributed by atoms with Gasteiger partial charge in [0, 0.05) is 10.7 Å². The molecule has 0 amide bonds. The van der Waals surface area contributed by atoms with Gasteiger partial charge in [0.15, 0.2) is 5.71 Å². The topological polar surface area (TPSA) is 88.5 Å². The molecule has 0 radical (unpaired) electrons. The van der Waals surface area contributed by atoms with Gasteiger partial charge in [-0.05, 0) is 31.2 Å². The Morgan fingerprint density at radius 3 is 2.63 bits per heavy atom. The number of rotatable bonds is 4. The smallest absolute Gasteiger partial charge is 0.342 e. The van der Waals surface area contributed by atoms with Crippen LogP contribution in [0.2, 0.25) is 0 Å². The quantitative estimate of drug-likeness (QED) is 0.524. The van der Waals surface area contributed by atoms with Crippen molar-refractivity contribution in [2.75, 3.05) is 6.61 Å². The Morgan fingerprint density at radius 2 is 2.16 bits per heavy atom. The number of nitriles is 1. The van der Waals surface area contributed by atoms with E-state index in [4.69, 9.17) is 15.7 Å². The molecule has 0 fully saturated rings. The van der Waals surface area contributed by atoms with E-state index in [2.05, 4.69) is 20.9 Å². The molecule has 6 heteroatoms. The van der Waals surface area contributed by atoms with Crippen LogP contribution in [0.15, 0.2) is 45.5 Å². The number of benzene rings is 1. The number of nitrogens with two attached hydrogens (primary N) is 1. The van der Waals surface area contributed by atoms with Crippen molar-refractivity contribution in [1.82, 2.24) is 0 Å². The lowest BCUT2D eigenvalue weighted by atomic mass is 10.2. The van der Waals surface area contributed by atoms with Crippen molar-refractivity contribution in [1.29, 1.82) is 5.26 Å². The Bertz CT molecular complexity index is 556. The van der Waals surface area contributed by atoms with Gasteiger partial charge >= 0.3 is 5.97 Å². The molecule has 0 heterocycles. The molecule has 0 saturated carbocycles. The molecule has 1 aromatic rings. The van der Waals surface area contributed by atoms with E-state index >= 15 is 0 Å². The van der Waals surface area contributed by atoms with Crippen molar-refractivity contribution in [3.8, 4) is 6.07 Å². The zero-order valence-corrected chi connectivity index (χ0v) is 11.8. The Balaban J connectivity index is 3.09. The van der Waals surface area contributed by atoms with E-state index in [0.717, 1.165) is 10.7 Å². The van der Waals surface area contributed by atoms with Gasteiger partial charge in [-0.2, -0.15) is 5.26 Å².